The van der Waals surface area contributed by atoms with Crippen LogP contribution in [0.4, 0.5) is 0 Å². The standard InChI is InChI=1S/C21H31NO5Si/c1-20(2,3)28(4,5)25-15-17-11-12-21(26-17)19(24)22(14-18(23)27-21)13-16-9-7-6-8-10-16/h6-10,17H,11-15H2,1-5H3/t17-,21+/m0/s1. The molecule has 0 radical (unpaired) electrons. The number of carbonyl (C=O) groups is 2. The van der Waals surface area contributed by atoms with Crippen LogP contribution in [0, 0.1) is 0 Å². The molecule has 1 spiro atoms. The Balaban J connectivity index is 1.66. The number of morpholine rings is 1. The molecule has 2 aliphatic heterocycles. The number of ether oxygens (including phenoxy) is 2. The highest BCUT2D eigenvalue weighted by Gasteiger charge is 2.55. The van der Waals surface area contributed by atoms with Gasteiger partial charge in [0.15, 0.2) is 8.32 Å². The van der Waals surface area contributed by atoms with Gasteiger partial charge in [-0.2, -0.15) is 0 Å². The molecule has 154 valence electrons. The van der Waals surface area contributed by atoms with E-state index in [4.69, 9.17) is 13.9 Å². The van der Waals surface area contributed by atoms with Crippen LogP contribution in [0.1, 0.15) is 39.2 Å². The molecule has 2 atom stereocenters. The van der Waals surface area contributed by atoms with Gasteiger partial charge >= 0.3 is 5.97 Å². The molecular formula is C21H31NO5Si. The van der Waals surface area contributed by atoms with Crippen molar-refractivity contribution in [1.82, 2.24) is 4.90 Å². The first kappa shape index (κ1) is 21.0. The third-order valence-electron chi connectivity index (χ3n) is 6.02. The zero-order chi connectivity index (χ0) is 20.6. The molecule has 2 aliphatic rings. The van der Waals surface area contributed by atoms with Gasteiger partial charge in [0.1, 0.15) is 6.54 Å². The Morgan fingerprint density at radius 3 is 2.54 bits per heavy atom. The van der Waals surface area contributed by atoms with E-state index in [1.54, 1.807) is 0 Å². The molecule has 0 aliphatic carbocycles. The van der Waals surface area contributed by atoms with E-state index < -0.39 is 20.1 Å². The quantitative estimate of drug-likeness (QED) is 0.554. The molecular weight excluding hydrogens is 374 g/mol. The lowest BCUT2D eigenvalue weighted by Gasteiger charge is -2.39. The lowest BCUT2D eigenvalue weighted by atomic mass is 10.1. The summed E-state index contributed by atoms with van der Waals surface area (Å²) >= 11 is 0. The molecule has 1 aromatic carbocycles. The Kier molecular flexibility index (Phi) is 5.71. The number of rotatable bonds is 5. The van der Waals surface area contributed by atoms with E-state index in [2.05, 4.69) is 33.9 Å². The number of esters is 1. The van der Waals surface area contributed by atoms with Crippen LogP contribution in [-0.4, -0.2) is 50.1 Å². The molecule has 0 bridgehead atoms. The fourth-order valence-corrected chi connectivity index (χ4v) is 4.30. The van der Waals surface area contributed by atoms with Gasteiger partial charge in [-0.05, 0) is 30.1 Å². The molecule has 0 N–H and O–H groups in total. The molecule has 3 rings (SSSR count). The Morgan fingerprint density at radius 1 is 1.21 bits per heavy atom. The molecule has 1 amide bonds. The second-order valence-electron chi connectivity index (χ2n) is 9.22. The maximum absolute atomic E-state index is 13.1. The first-order valence-corrected chi connectivity index (χ1v) is 12.8. The second kappa shape index (κ2) is 7.61. The summed E-state index contributed by atoms with van der Waals surface area (Å²) in [4.78, 5) is 26.8. The first-order chi connectivity index (χ1) is 13.0. The Hall–Kier alpha value is -1.70. The lowest BCUT2D eigenvalue weighted by molar-refractivity contribution is -0.242. The van der Waals surface area contributed by atoms with Crippen LogP contribution in [0.15, 0.2) is 30.3 Å². The van der Waals surface area contributed by atoms with Crippen molar-refractivity contribution in [3.8, 4) is 0 Å². The Morgan fingerprint density at radius 2 is 1.89 bits per heavy atom. The number of nitrogens with zero attached hydrogens (tertiary/aromatic N) is 1. The van der Waals surface area contributed by atoms with Gasteiger partial charge in [0, 0.05) is 13.0 Å². The summed E-state index contributed by atoms with van der Waals surface area (Å²) < 4.78 is 17.7. The van der Waals surface area contributed by atoms with Crippen LogP contribution in [0.2, 0.25) is 18.1 Å². The van der Waals surface area contributed by atoms with E-state index >= 15 is 0 Å². The highest BCUT2D eigenvalue weighted by molar-refractivity contribution is 6.74. The molecule has 2 fully saturated rings. The largest absolute Gasteiger partial charge is 0.422 e. The van der Waals surface area contributed by atoms with Gasteiger partial charge in [-0.3, -0.25) is 9.59 Å². The lowest BCUT2D eigenvalue weighted by Crippen LogP contribution is -2.58. The van der Waals surface area contributed by atoms with Gasteiger partial charge in [-0.15, -0.1) is 0 Å². The molecule has 2 heterocycles. The summed E-state index contributed by atoms with van der Waals surface area (Å²) in [7, 11) is -1.91. The second-order valence-corrected chi connectivity index (χ2v) is 14.0. The van der Waals surface area contributed by atoms with Crippen molar-refractivity contribution in [2.24, 2.45) is 0 Å². The number of carbonyl (C=O) groups excluding carboxylic acids is 2. The third kappa shape index (κ3) is 4.31. The van der Waals surface area contributed by atoms with E-state index in [1.807, 2.05) is 30.3 Å². The minimum absolute atomic E-state index is 0.0516. The third-order valence-corrected chi connectivity index (χ3v) is 10.5. The fourth-order valence-electron chi connectivity index (χ4n) is 3.27. The van der Waals surface area contributed by atoms with E-state index in [-0.39, 0.29) is 23.6 Å². The van der Waals surface area contributed by atoms with Crippen molar-refractivity contribution in [3.63, 3.8) is 0 Å². The van der Waals surface area contributed by atoms with Crippen LogP contribution < -0.4 is 0 Å². The Bertz CT molecular complexity index is 730. The molecule has 1 aromatic rings. The smallest absolute Gasteiger partial charge is 0.328 e. The van der Waals surface area contributed by atoms with Gasteiger partial charge in [0.05, 0.1) is 12.7 Å². The van der Waals surface area contributed by atoms with E-state index in [0.29, 0.717) is 26.0 Å². The summed E-state index contributed by atoms with van der Waals surface area (Å²) in [6.45, 7) is 11.7. The average Bonchev–Trinajstić information content (AvgIpc) is 3.01. The summed E-state index contributed by atoms with van der Waals surface area (Å²) in [6, 6.07) is 9.62. The predicted octanol–water partition coefficient (Wildman–Crippen LogP) is 3.47. The van der Waals surface area contributed by atoms with Crippen LogP contribution >= 0.6 is 0 Å². The maximum atomic E-state index is 13.1. The van der Waals surface area contributed by atoms with Crippen molar-refractivity contribution in [3.05, 3.63) is 35.9 Å². The predicted molar refractivity (Wildman–Crippen MR) is 108 cm³/mol. The molecule has 2 saturated heterocycles. The summed E-state index contributed by atoms with van der Waals surface area (Å²) in [5.74, 6) is -2.20. The topological polar surface area (TPSA) is 65.1 Å². The molecule has 0 aromatic heterocycles. The minimum Gasteiger partial charge on any atom is -0.422 e. The van der Waals surface area contributed by atoms with Gasteiger partial charge < -0.3 is 18.8 Å². The number of hydrogen-bond donors (Lipinski definition) is 0. The van der Waals surface area contributed by atoms with Crippen molar-refractivity contribution >= 4 is 20.2 Å². The zero-order valence-electron chi connectivity index (χ0n) is 17.5. The zero-order valence-corrected chi connectivity index (χ0v) is 18.5. The SMILES string of the molecule is CC(C)(C)[Si](C)(C)OC[C@@H]1CC[C@]2(OC(=O)CN(Cc3ccccc3)C2=O)O1. The number of amides is 1. The van der Waals surface area contributed by atoms with E-state index in [9.17, 15) is 9.59 Å². The molecule has 7 heteroatoms. The summed E-state index contributed by atoms with van der Waals surface area (Å²) in [5.41, 5.74) is 0.969. The van der Waals surface area contributed by atoms with Gasteiger partial charge in [-0.1, -0.05) is 51.1 Å². The number of benzene rings is 1. The normalized spacial score (nSPS) is 26.0. The molecule has 0 saturated carbocycles. The minimum atomic E-state index is -1.91. The summed E-state index contributed by atoms with van der Waals surface area (Å²) in [5, 5.41) is 0.100. The van der Waals surface area contributed by atoms with Crippen molar-refractivity contribution in [2.75, 3.05) is 13.2 Å². The van der Waals surface area contributed by atoms with Crippen LogP contribution in [0.25, 0.3) is 0 Å². The van der Waals surface area contributed by atoms with Crippen molar-refractivity contribution < 1.29 is 23.5 Å². The van der Waals surface area contributed by atoms with Crippen molar-refractivity contribution in [1.29, 1.82) is 0 Å². The van der Waals surface area contributed by atoms with Crippen LogP contribution in [-0.2, 0) is 30.0 Å². The highest BCUT2D eigenvalue weighted by atomic mass is 28.4. The van der Waals surface area contributed by atoms with E-state index in [0.717, 1.165) is 5.56 Å². The number of hydrogen-bond acceptors (Lipinski definition) is 5. The van der Waals surface area contributed by atoms with Gasteiger partial charge in [-0.25, -0.2) is 0 Å². The average molecular weight is 406 g/mol. The highest BCUT2D eigenvalue weighted by Crippen LogP contribution is 2.39. The molecule has 28 heavy (non-hydrogen) atoms. The van der Waals surface area contributed by atoms with E-state index in [1.165, 1.54) is 4.90 Å². The first-order valence-electron chi connectivity index (χ1n) is 9.89. The summed E-state index contributed by atoms with van der Waals surface area (Å²) in [6.07, 6.45) is 0.754. The van der Waals surface area contributed by atoms with Crippen LogP contribution in [0.3, 0.4) is 0 Å². The Labute approximate surface area is 168 Å². The molecule has 6 nitrogen and oxygen atoms in total. The monoisotopic (exact) mass is 405 g/mol. The van der Waals surface area contributed by atoms with Gasteiger partial charge in [0.2, 0.25) is 0 Å². The maximum Gasteiger partial charge on any atom is 0.328 e. The van der Waals surface area contributed by atoms with Crippen molar-refractivity contribution in [2.45, 2.75) is 70.2 Å². The van der Waals surface area contributed by atoms with Crippen LogP contribution in [0.5, 0.6) is 0 Å². The molecule has 0 unspecified atom stereocenters. The fraction of sp³-hybridized carbons (Fsp3) is 0.619. The van der Waals surface area contributed by atoms with Gasteiger partial charge in [0.25, 0.3) is 11.7 Å².